The molecule has 2 heterocycles. The molecule has 10 nitrogen and oxygen atoms in total. The minimum Gasteiger partial charge on any atom is -0.444 e. The zero-order valence-corrected chi connectivity index (χ0v) is 18.2. The first-order chi connectivity index (χ1) is 16.0. The summed E-state index contributed by atoms with van der Waals surface area (Å²) in [5.74, 6) is -0.349. The van der Waals surface area contributed by atoms with E-state index in [4.69, 9.17) is 15.9 Å². The topological polar surface area (TPSA) is 150 Å². The molecule has 1 aromatic carbocycles. The summed E-state index contributed by atoms with van der Waals surface area (Å²) < 4.78 is 5.34. The Bertz CT molecular complexity index is 1120. The van der Waals surface area contributed by atoms with E-state index in [0.717, 1.165) is 23.8 Å². The number of carbonyl (C=O) groups is 2. The van der Waals surface area contributed by atoms with Crippen molar-refractivity contribution in [2.45, 2.75) is 32.3 Å². The van der Waals surface area contributed by atoms with Gasteiger partial charge in [0.25, 0.3) is 0 Å². The van der Waals surface area contributed by atoms with E-state index in [0.29, 0.717) is 30.7 Å². The Labute approximate surface area is 191 Å². The van der Waals surface area contributed by atoms with Crippen molar-refractivity contribution in [1.29, 1.82) is 5.41 Å². The van der Waals surface area contributed by atoms with Crippen molar-refractivity contribution >= 4 is 34.7 Å². The van der Waals surface area contributed by atoms with Gasteiger partial charge < -0.3 is 15.8 Å². The Balaban J connectivity index is 1.28. The summed E-state index contributed by atoms with van der Waals surface area (Å²) >= 11 is 0. The number of aromatic nitrogens is 3. The minimum atomic E-state index is -0.631. The fourth-order valence-corrected chi connectivity index (χ4v) is 4.13. The molecule has 4 rings (SSSR count). The molecule has 0 aliphatic heterocycles. The van der Waals surface area contributed by atoms with Gasteiger partial charge in [-0.2, -0.15) is 5.10 Å². The summed E-state index contributed by atoms with van der Waals surface area (Å²) in [6.07, 6.45) is 5.54. The normalized spacial score (nSPS) is 17.9. The SMILES string of the molecule is N=C(N)N(CC1CCC(C(=O)Nc2ccnc3[nH]ncc23)CC1)C(=O)OCc1ccccc1. The third-order valence-corrected chi connectivity index (χ3v) is 5.99. The fourth-order valence-electron chi connectivity index (χ4n) is 4.13. The molecule has 0 radical (unpaired) electrons. The largest absolute Gasteiger partial charge is 0.444 e. The van der Waals surface area contributed by atoms with Gasteiger partial charge in [-0.1, -0.05) is 30.3 Å². The molecule has 0 bridgehead atoms. The van der Waals surface area contributed by atoms with Crippen molar-refractivity contribution in [3.63, 3.8) is 0 Å². The number of benzene rings is 1. The van der Waals surface area contributed by atoms with E-state index in [-0.39, 0.29) is 30.3 Å². The second-order valence-electron chi connectivity index (χ2n) is 8.23. The van der Waals surface area contributed by atoms with E-state index in [1.165, 1.54) is 4.90 Å². The highest BCUT2D eigenvalue weighted by Crippen LogP contribution is 2.31. The second-order valence-corrected chi connectivity index (χ2v) is 8.23. The van der Waals surface area contributed by atoms with Crippen LogP contribution in [0.3, 0.4) is 0 Å². The van der Waals surface area contributed by atoms with Gasteiger partial charge in [0.2, 0.25) is 5.91 Å². The molecule has 1 aliphatic rings. The highest BCUT2D eigenvalue weighted by Gasteiger charge is 2.30. The maximum absolute atomic E-state index is 12.8. The number of amides is 2. The Kier molecular flexibility index (Phi) is 6.82. The van der Waals surface area contributed by atoms with E-state index in [2.05, 4.69) is 20.5 Å². The number of H-pyrrole nitrogens is 1. The van der Waals surface area contributed by atoms with Crippen LogP contribution in [0.25, 0.3) is 11.0 Å². The third kappa shape index (κ3) is 5.46. The first kappa shape index (κ1) is 22.3. The quantitative estimate of drug-likeness (QED) is 0.335. The van der Waals surface area contributed by atoms with Gasteiger partial charge in [-0.05, 0) is 43.2 Å². The minimum absolute atomic E-state index is 0.0344. The third-order valence-electron chi connectivity index (χ3n) is 5.99. The predicted octanol–water partition coefficient (Wildman–Crippen LogP) is 3.24. The van der Waals surface area contributed by atoms with Crippen LogP contribution in [0.15, 0.2) is 48.8 Å². The van der Waals surface area contributed by atoms with E-state index >= 15 is 0 Å². The number of hydrogen-bond acceptors (Lipinski definition) is 6. The van der Waals surface area contributed by atoms with E-state index < -0.39 is 6.09 Å². The number of ether oxygens (including phenoxy) is 1. The highest BCUT2D eigenvalue weighted by atomic mass is 16.6. The number of nitrogens with zero attached hydrogens (tertiary/aromatic N) is 3. The lowest BCUT2D eigenvalue weighted by atomic mass is 9.81. The summed E-state index contributed by atoms with van der Waals surface area (Å²) in [5, 5.41) is 18.3. The van der Waals surface area contributed by atoms with Gasteiger partial charge in [-0.25, -0.2) is 14.7 Å². The Morgan fingerprint density at radius 3 is 2.67 bits per heavy atom. The molecule has 0 spiro atoms. The molecule has 2 aromatic heterocycles. The number of nitrogens with two attached hydrogens (primary N) is 1. The van der Waals surface area contributed by atoms with Crippen LogP contribution in [-0.4, -0.2) is 44.6 Å². The number of pyridine rings is 1. The van der Waals surface area contributed by atoms with Crippen LogP contribution < -0.4 is 11.1 Å². The maximum Gasteiger partial charge on any atom is 0.416 e. The average Bonchev–Trinajstić information content (AvgIpc) is 3.32. The molecule has 0 saturated heterocycles. The van der Waals surface area contributed by atoms with Crippen LogP contribution in [0.2, 0.25) is 0 Å². The van der Waals surface area contributed by atoms with Crippen molar-refractivity contribution in [2.75, 3.05) is 11.9 Å². The van der Waals surface area contributed by atoms with E-state index in [1.807, 2.05) is 30.3 Å². The molecule has 1 aliphatic carbocycles. The van der Waals surface area contributed by atoms with Gasteiger partial charge in [-0.15, -0.1) is 0 Å². The maximum atomic E-state index is 12.8. The molecule has 5 N–H and O–H groups in total. The molecule has 10 heteroatoms. The molecule has 172 valence electrons. The first-order valence-electron chi connectivity index (χ1n) is 10.9. The summed E-state index contributed by atoms with van der Waals surface area (Å²) in [4.78, 5) is 30.6. The van der Waals surface area contributed by atoms with Crippen LogP contribution >= 0.6 is 0 Å². The van der Waals surface area contributed by atoms with E-state index in [9.17, 15) is 9.59 Å². The number of hydrogen-bond donors (Lipinski definition) is 4. The highest BCUT2D eigenvalue weighted by molar-refractivity contribution is 6.00. The van der Waals surface area contributed by atoms with Gasteiger partial charge >= 0.3 is 6.09 Å². The molecule has 1 fully saturated rings. The van der Waals surface area contributed by atoms with Gasteiger partial charge in [0.05, 0.1) is 17.3 Å². The lowest BCUT2D eigenvalue weighted by molar-refractivity contribution is -0.121. The average molecular weight is 450 g/mol. The molecule has 0 unspecified atom stereocenters. The monoisotopic (exact) mass is 449 g/mol. The lowest BCUT2D eigenvalue weighted by Gasteiger charge is -2.31. The number of anilines is 1. The fraction of sp³-hybridized carbons (Fsp3) is 0.348. The Morgan fingerprint density at radius 2 is 1.94 bits per heavy atom. The van der Waals surface area contributed by atoms with Crippen LogP contribution in [0.4, 0.5) is 10.5 Å². The number of aromatic amines is 1. The number of fused-ring (bicyclic) bond motifs is 1. The number of nitrogens with one attached hydrogen (secondary N) is 3. The van der Waals surface area contributed by atoms with Crippen LogP contribution in [-0.2, 0) is 16.1 Å². The lowest BCUT2D eigenvalue weighted by Crippen LogP contribution is -2.45. The van der Waals surface area contributed by atoms with Gasteiger partial charge in [0.15, 0.2) is 11.6 Å². The molecule has 3 aromatic rings. The van der Waals surface area contributed by atoms with Crippen molar-refractivity contribution in [2.24, 2.45) is 17.6 Å². The number of carbonyl (C=O) groups excluding carboxylic acids is 2. The molecule has 0 atom stereocenters. The van der Waals surface area contributed by atoms with Gasteiger partial charge in [-0.3, -0.25) is 15.3 Å². The van der Waals surface area contributed by atoms with Gasteiger partial charge in [0, 0.05) is 18.7 Å². The van der Waals surface area contributed by atoms with Crippen LogP contribution in [0, 0.1) is 17.2 Å². The number of rotatable bonds is 6. The summed E-state index contributed by atoms with van der Waals surface area (Å²) in [6.45, 7) is 0.423. The predicted molar refractivity (Wildman–Crippen MR) is 123 cm³/mol. The molecule has 33 heavy (non-hydrogen) atoms. The van der Waals surface area contributed by atoms with Crippen molar-refractivity contribution in [1.82, 2.24) is 20.1 Å². The smallest absolute Gasteiger partial charge is 0.416 e. The Morgan fingerprint density at radius 1 is 1.18 bits per heavy atom. The van der Waals surface area contributed by atoms with Crippen LogP contribution in [0.5, 0.6) is 0 Å². The van der Waals surface area contributed by atoms with Crippen molar-refractivity contribution in [3.8, 4) is 0 Å². The summed E-state index contributed by atoms with van der Waals surface area (Å²) in [7, 11) is 0. The molecular weight excluding hydrogens is 422 g/mol. The summed E-state index contributed by atoms with van der Waals surface area (Å²) in [5.41, 5.74) is 7.83. The van der Waals surface area contributed by atoms with Crippen molar-refractivity contribution in [3.05, 3.63) is 54.4 Å². The van der Waals surface area contributed by atoms with Crippen molar-refractivity contribution < 1.29 is 14.3 Å². The molecule has 1 saturated carbocycles. The zero-order chi connectivity index (χ0) is 23.2. The standard InChI is InChI=1S/C23H27N7O3/c24-22(25)30(23(32)33-14-16-4-2-1-3-5-16)13-15-6-8-17(9-7-15)21(31)28-19-10-11-26-20-18(19)12-27-29-20/h1-5,10-12,15,17H,6-9,13-14H2,(H3,24,25)(H2,26,27,28,29,31). The second kappa shape index (κ2) is 10.1. The van der Waals surface area contributed by atoms with Gasteiger partial charge in [0.1, 0.15) is 6.61 Å². The molecular formula is C23H27N7O3. The summed E-state index contributed by atoms with van der Waals surface area (Å²) in [6, 6.07) is 11.1. The first-order valence-corrected chi connectivity index (χ1v) is 10.9. The number of guanidine groups is 1. The van der Waals surface area contributed by atoms with E-state index in [1.54, 1.807) is 18.5 Å². The zero-order valence-electron chi connectivity index (χ0n) is 18.2. The van der Waals surface area contributed by atoms with Crippen LogP contribution in [0.1, 0.15) is 31.2 Å². The Hall–Kier alpha value is -3.95. The molecule has 2 amide bonds.